The maximum atomic E-state index is 12.0. The van der Waals surface area contributed by atoms with E-state index >= 15 is 0 Å². The lowest BCUT2D eigenvalue weighted by Gasteiger charge is -2.15. The van der Waals surface area contributed by atoms with E-state index in [4.69, 9.17) is 4.42 Å². The van der Waals surface area contributed by atoms with Crippen LogP contribution in [-0.4, -0.2) is 17.0 Å². The Kier molecular flexibility index (Phi) is 4.12. The maximum Gasteiger partial charge on any atom is 0.330 e. The SMILES string of the molecule is Cc1cc(C)cc(C(NC(=O)c2ccc(C)o2)C(=O)O)c1. The average Bonchev–Trinajstić information content (AvgIpc) is 2.80. The van der Waals surface area contributed by atoms with Gasteiger partial charge < -0.3 is 14.8 Å². The zero-order valence-electron chi connectivity index (χ0n) is 12.1. The summed E-state index contributed by atoms with van der Waals surface area (Å²) in [6.45, 7) is 5.48. The van der Waals surface area contributed by atoms with Gasteiger partial charge in [0, 0.05) is 0 Å². The zero-order chi connectivity index (χ0) is 15.6. The Bertz CT molecular complexity index is 667. The summed E-state index contributed by atoms with van der Waals surface area (Å²) in [5.41, 5.74) is 2.43. The molecule has 0 saturated carbocycles. The van der Waals surface area contributed by atoms with Crippen LogP contribution < -0.4 is 5.32 Å². The highest BCUT2D eigenvalue weighted by Crippen LogP contribution is 2.18. The molecular formula is C16H17NO4. The van der Waals surface area contributed by atoms with Gasteiger partial charge >= 0.3 is 5.97 Å². The average molecular weight is 287 g/mol. The first-order chi connectivity index (χ1) is 9.86. The number of aryl methyl sites for hydroxylation is 3. The van der Waals surface area contributed by atoms with Crippen LogP contribution in [0.1, 0.15) is 39.0 Å². The van der Waals surface area contributed by atoms with Crippen LogP contribution in [0.5, 0.6) is 0 Å². The first-order valence-corrected chi connectivity index (χ1v) is 6.55. The number of carboxylic acids is 1. The first-order valence-electron chi connectivity index (χ1n) is 6.55. The summed E-state index contributed by atoms with van der Waals surface area (Å²) < 4.78 is 5.20. The number of rotatable bonds is 4. The van der Waals surface area contributed by atoms with Crippen molar-refractivity contribution in [1.82, 2.24) is 5.32 Å². The number of carbonyl (C=O) groups excluding carboxylic acids is 1. The lowest BCUT2D eigenvalue weighted by molar-refractivity contribution is -0.139. The molecular weight excluding hydrogens is 270 g/mol. The Morgan fingerprint density at radius 1 is 1.10 bits per heavy atom. The summed E-state index contributed by atoms with van der Waals surface area (Å²) in [5, 5.41) is 11.8. The highest BCUT2D eigenvalue weighted by atomic mass is 16.4. The number of amides is 1. The molecule has 5 nitrogen and oxygen atoms in total. The number of nitrogens with one attached hydrogen (secondary N) is 1. The van der Waals surface area contributed by atoms with Crippen molar-refractivity contribution in [2.24, 2.45) is 0 Å². The van der Waals surface area contributed by atoms with E-state index in [2.05, 4.69) is 5.32 Å². The summed E-state index contributed by atoms with van der Waals surface area (Å²) in [7, 11) is 0. The van der Waals surface area contributed by atoms with Crippen molar-refractivity contribution >= 4 is 11.9 Å². The van der Waals surface area contributed by atoms with Gasteiger partial charge in [0.25, 0.3) is 5.91 Å². The van der Waals surface area contributed by atoms with E-state index in [1.165, 1.54) is 6.07 Å². The van der Waals surface area contributed by atoms with Gasteiger partial charge in [-0.15, -0.1) is 0 Å². The van der Waals surface area contributed by atoms with Gasteiger partial charge in [0.2, 0.25) is 0 Å². The molecule has 21 heavy (non-hydrogen) atoms. The second-order valence-corrected chi connectivity index (χ2v) is 5.08. The van der Waals surface area contributed by atoms with Crippen LogP contribution in [0.25, 0.3) is 0 Å². The molecule has 1 aromatic carbocycles. The highest BCUT2D eigenvalue weighted by molar-refractivity contribution is 5.94. The van der Waals surface area contributed by atoms with Crippen molar-refractivity contribution in [3.63, 3.8) is 0 Å². The van der Waals surface area contributed by atoms with E-state index in [0.717, 1.165) is 11.1 Å². The minimum atomic E-state index is -1.11. The number of aliphatic carboxylic acids is 1. The van der Waals surface area contributed by atoms with Gasteiger partial charge in [0.05, 0.1) is 0 Å². The number of carbonyl (C=O) groups is 2. The molecule has 0 saturated heterocycles. The van der Waals surface area contributed by atoms with Gasteiger partial charge in [-0.3, -0.25) is 4.79 Å². The molecule has 110 valence electrons. The third-order valence-electron chi connectivity index (χ3n) is 3.06. The van der Waals surface area contributed by atoms with Crippen LogP contribution in [0, 0.1) is 20.8 Å². The molecule has 0 fully saturated rings. The molecule has 0 bridgehead atoms. The molecule has 1 aromatic heterocycles. The molecule has 0 radical (unpaired) electrons. The van der Waals surface area contributed by atoms with Crippen LogP contribution in [0.15, 0.2) is 34.7 Å². The minimum absolute atomic E-state index is 0.100. The van der Waals surface area contributed by atoms with E-state index in [9.17, 15) is 14.7 Å². The molecule has 1 unspecified atom stereocenters. The molecule has 0 aliphatic heterocycles. The Labute approximate surface area is 122 Å². The number of hydrogen-bond donors (Lipinski definition) is 2. The van der Waals surface area contributed by atoms with Gasteiger partial charge in [0.15, 0.2) is 11.8 Å². The largest absolute Gasteiger partial charge is 0.479 e. The maximum absolute atomic E-state index is 12.0. The normalized spacial score (nSPS) is 12.0. The summed E-state index contributed by atoms with van der Waals surface area (Å²) in [6.07, 6.45) is 0. The summed E-state index contributed by atoms with van der Waals surface area (Å²) in [4.78, 5) is 23.5. The van der Waals surface area contributed by atoms with Crippen molar-refractivity contribution in [3.05, 3.63) is 58.5 Å². The quantitative estimate of drug-likeness (QED) is 0.906. The predicted molar refractivity (Wildman–Crippen MR) is 77.2 cm³/mol. The van der Waals surface area contributed by atoms with E-state index in [0.29, 0.717) is 11.3 Å². The molecule has 0 aliphatic carbocycles. The predicted octanol–water partition coefficient (Wildman–Crippen LogP) is 2.76. The lowest BCUT2D eigenvalue weighted by Crippen LogP contribution is -2.33. The van der Waals surface area contributed by atoms with Crippen LogP contribution in [0.4, 0.5) is 0 Å². The molecule has 5 heteroatoms. The topological polar surface area (TPSA) is 79.5 Å². The van der Waals surface area contributed by atoms with Crippen LogP contribution in [0.2, 0.25) is 0 Å². The number of hydrogen-bond acceptors (Lipinski definition) is 3. The fraction of sp³-hybridized carbons (Fsp3) is 0.250. The Morgan fingerprint density at radius 3 is 2.19 bits per heavy atom. The van der Waals surface area contributed by atoms with Crippen LogP contribution in [0.3, 0.4) is 0 Å². The standard InChI is InChI=1S/C16H17NO4/c1-9-6-10(2)8-12(7-9)14(16(19)20)17-15(18)13-5-4-11(3)21-13/h4-8,14H,1-3H3,(H,17,18)(H,19,20). The Balaban J connectivity index is 2.27. The molecule has 2 N–H and O–H groups in total. The highest BCUT2D eigenvalue weighted by Gasteiger charge is 2.24. The zero-order valence-corrected chi connectivity index (χ0v) is 12.1. The third-order valence-corrected chi connectivity index (χ3v) is 3.06. The minimum Gasteiger partial charge on any atom is -0.479 e. The van der Waals surface area contributed by atoms with E-state index < -0.39 is 17.9 Å². The molecule has 1 amide bonds. The van der Waals surface area contributed by atoms with E-state index in [1.54, 1.807) is 25.1 Å². The van der Waals surface area contributed by atoms with E-state index in [1.807, 2.05) is 19.9 Å². The molecule has 0 spiro atoms. The molecule has 2 aromatic rings. The number of furan rings is 1. The summed E-state index contributed by atoms with van der Waals surface area (Å²) in [5.74, 6) is -0.965. The Morgan fingerprint density at radius 2 is 1.71 bits per heavy atom. The number of carboxylic acid groups (broad SMARTS) is 1. The molecule has 2 rings (SSSR count). The van der Waals surface area contributed by atoms with Crippen molar-refractivity contribution in [2.75, 3.05) is 0 Å². The Hall–Kier alpha value is -2.56. The van der Waals surface area contributed by atoms with Gasteiger partial charge in [-0.2, -0.15) is 0 Å². The second kappa shape index (κ2) is 5.83. The lowest BCUT2D eigenvalue weighted by atomic mass is 10.0. The van der Waals surface area contributed by atoms with Gasteiger partial charge in [-0.1, -0.05) is 29.3 Å². The second-order valence-electron chi connectivity index (χ2n) is 5.08. The molecule has 1 heterocycles. The van der Waals surface area contributed by atoms with Crippen molar-refractivity contribution < 1.29 is 19.1 Å². The van der Waals surface area contributed by atoms with Crippen LogP contribution in [-0.2, 0) is 4.79 Å². The smallest absolute Gasteiger partial charge is 0.330 e. The first kappa shape index (κ1) is 14.8. The van der Waals surface area contributed by atoms with Crippen molar-refractivity contribution in [3.8, 4) is 0 Å². The van der Waals surface area contributed by atoms with Gasteiger partial charge in [-0.25, -0.2) is 4.79 Å². The monoisotopic (exact) mass is 287 g/mol. The molecule has 0 aliphatic rings. The van der Waals surface area contributed by atoms with Gasteiger partial charge in [0.1, 0.15) is 5.76 Å². The third kappa shape index (κ3) is 3.51. The van der Waals surface area contributed by atoms with Crippen molar-refractivity contribution in [2.45, 2.75) is 26.8 Å². The summed E-state index contributed by atoms with van der Waals surface area (Å²) >= 11 is 0. The van der Waals surface area contributed by atoms with Gasteiger partial charge in [-0.05, 0) is 38.5 Å². The summed E-state index contributed by atoms with van der Waals surface area (Å²) in [6, 6.07) is 7.51. The van der Waals surface area contributed by atoms with Crippen LogP contribution >= 0.6 is 0 Å². The fourth-order valence-corrected chi connectivity index (χ4v) is 2.22. The van der Waals surface area contributed by atoms with E-state index in [-0.39, 0.29) is 5.76 Å². The fourth-order valence-electron chi connectivity index (χ4n) is 2.22. The molecule has 1 atom stereocenters. The number of benzene rings is 1. The van der Waals surface area contributed by atoms with Crippen molar-refractivity contribution in [1.29, 1.82) is 0 Å².